The van der Waals surface area contributed by atoms with Crippen LogP contribution in [0.5, 0.6) is 0 Å². The number of anilines is 2. The second-order valence-electron chi connectivity index (χ2n) is 5.23. The SMILES string of the molecule is CCCCS(=O)(=O)CCCC(=O)Nc1ccc(N)cc1C. The van der Waals surface area contributed by atoms with Crippen LogP contribution in [-0.2, 0) is 14.6 Å². The number of amides is 1. The molecule has 0 atom stereocenters. The van der Waals surface area contributed by atoms with Crippen molar-refractivity contribution in [2.24, 2.45) is 0 Å². The lowest BCUT2D eigenvalue weighted by Gasteiger charge is -2.09. The van der Waals surface area contributed by atoms with E-state index >= 15 is 0 Å². The molecule has 1 rings (SSSR count). The van der Waals surface area contributed by atoms with Crippen LogP contribution in [0.2, 0.25) is 0 Å². The van der Waals surface area contributed by atoms with Gasteiger partial charge in [-0.3, -0.25) is 4.79 Å². The lowest BCUT2D eigenvalue weighted by Crippen LogP contribution is -2.16. The summed E-state index contributed by atoms with van der Waals surface area (Å²) in [6, 6.07) is 5.25. The van der Waals surface area contributed by atoms with E-state index in [0.717, 1.165) is 12.0 Å². The van der Waals surface area contributed by atoms with Gasteiger partial charge in [0.15, 0.2) is 0 Å². The molecule has 6 heteroatoms. The van der Waals surface area contributed by atoms with Gasteiger partial charge >= 0.3 is 0 Å². The van der Waals surface area contributed by atoms with Crippen molar-refractivity contribution in [1.82, 2.24) is 0 Å². The molecule has 1 aromatic carbocycles. The molecule has 0 spiro atoms. The average molecular weight is 312 g/mol. The minimum absolute atomic E-state index is 0.0706. The number of unbranched alkanes of at least 4 members (excludes halogenated alkanes) is 1. The molecule has 0 aromatic heterocycles. The second-order valence-corrected chi connectivity index (χ2v) is 7.54. The highest BCUT2D eigenvalue weighted by Crippen LogP contribution is 2.18. The molecule has 0 aliphatic heterocycles. The standard InChI is InChI=1S/C15H24N2O3S/c1-3-4-9-21(19,20)10-5-6-15(18)17-14-8-7-13(16)11-12(14)2/h7-8,11H,3-6,9-10,16H2,1-2H3,(H,17,18). The maximum absolute atomic E-state index is 11.8. The van der Waals surface area contributed by atoms with Crippen LogP contribution in [0.3, 0.4) is 0 Å². The second kappa shape index (κ2) is 8.02. The van der Waals surface area contributed by atoms with Crippen LogP contribution in [-0.4, -0.2) is 25.8 Å². The Labute approximate surface area is 126 Å². The molecule has 0 unspecified atom stereocenters. The van der Waals surface area contributed by atoms with Gasteiger partial charge in [0.1, 0.15) is 9.84 Å². The molecule has 0 heterocycles. The summed E-state index contributed by atoms with van der Waals surface area (Å²) in [6.07, 6.45) is 2.09. The zero-order chi connectivity index (χ0) is 15.9. The van der Waals surface area contributed by atoms with Gasteiger partial charge in [-0.15, -0.1) is 0 Å². The van der Waals surface area contributed by atoms with Crippen molar-refractivity contribution >= 4 is 27.1 Å². The first-order chi connectivity index (χ1) is 9.84. The van der Waals surface area contributed by atoms with Gasteiger partial charge in [0.2, 0.25) is 5.91 Å². The van der Waals surface area contributed by atoms with Crippen molar-refractivity contribution in [2.75, 3.05) is 22.6 Å². The van der Waals surface area contributed by atoms with Gasteiger partial charge in [0.25, 0.3) is 0 Å². The van der Waals surface area contributed by atoms with Crippen LogP contribution in [0, 0.1) is 6.92 Å². The summed E-state index contributed by atoms with van der Waals surface area (Å²) in [6.45, 7) is 3.82. The fraction of sp³-hybridized carbons (Fsp3) is 0.533. The third kappa shape index (κ3) is 6.62. The quantitative estimate of drug-likeness (QED) is 0.722. The zero-order valence-electron chi connectivity index (χ0n) is 12.7. The number of hydrogen-bond acceptors (Lipinski definition) is 4. The van der Waals surface area contributed by atoms with E-state index in [4.69, 9.17) is 5.73 Å². The highest BCUT2D eigenvalue weighted by molar-refractivity contribution is 7.91. The third-order valence-corrected chi connectivity index (χ3v) is 5.01. The van der Waals surface area contributed by atoms with Gasteiger partial charge in [-0.1, -0.05) is 13.3 Å². The smallest absolute Gasteiger partial charge is 0.224 e. The molecule has 0 fully saturated rings. The van der Waals surface area contributed by atoms with Gasteiger partial charge in [-0.2, -0.15) is 0 Å². The monoisotopic (exact) mass is 312 g/mol. The number of sulfone groups is 1. The number of hydrogen-bond donors (Lipinski definition) is 2. The van der Waals surface area contributed by atoms with Crippen LogP contribution < -0.4 is 11.1 Å². The molecule has 0 radical (unpaired) electrons. The van der Waals surface area contributed by atoms with Gasteiger partial charge in [-0.05, 0) is 43.5 Å². The molecular formula is C15H24N2O3S. The van der Waals surface area contributed by atoms with Crippen molar-refractivity contribution in [3.63, 3.8) is 0 Å². The Morgan fingerprint density at radius 3 is 2.52 bits per heavy atom. The van der Waals surface area contributed by atoms with E-state index in [1.165, 1.54) is 0 Å². The fourth-order valence-electron chi connectivity index (χ4n) is 1.96. The third-order valence-electron chi connectivity index (χ3n) is 3.19. The molecule has 0 aliphatic carbocycles. The summed E-state index contributed by atoms with van der Waals surface area (Å²) in [5.41, 5.74) is 7.89. The first-order valence-corrected chi connectivity index (χ1v) is 9.02. The number of rotatable bonds is 8. The maximum Gasteiger partial charge on any atom is 0.224 e. The molecular weight excluding hydrogens is 288 g/mol. The fourth-order valence-corrected chi connectivity index (χ4v) is 3.48. The Morgan fingerprint density at radius 2 is 1.90 bits per heavy atom. The lowest BCUT2D eigenvalue weighted by molar-refractivity contribution is -0.116. The Balaban J connectivity index is 2.41. The molecule has 1 aromatic rings. The Kier molecular flexibility index (Phi) is 6.68. The highest BCUT2D eigenvalue weighted by atomic mass is 32.2. The number of benzene rings is 1. The van der Waals surface area contributed by atoms with Gasteiger partial charge in [-0.25, -0.2) is 8.42 Å². The summed E-state index contributed by atoms with van der Waals surface area (Å²) in [5.74, 6) is 0.108. The molecule has 21 heavy (non-hydrogen) atoms. The van der Waals surface area contributed by atoms with E-state index in [-0.39, 0.29) is 23.8 Å². The highest BCUT2D eigenvalue weighted by Gasteiger charge is 2.11. The maximum atomic E-state index is 11.8. The molecule has 0 saturated heterocycles. The van der Waals surface area contributed by atoms with E-state index in [9.17, 15) is 13.2 Å². The molecule has 0 bridgehead atoms. The van der Waals surface area contributed by atoms with E-state index in [2.05, 4.69) is 5.32 Å². The minimum Gasteiger partial charge on any atom is -0.399 e. The minimum atomic E-state index is -3.02. The average Bonchev–Trinajstić information content (AvgIpc) is 2.39. The van der Waals surface area contributed by atoms with Crippen LogP contribution in [0.25, 0.3) is 0 Å². The van der Waals surface area contributed by atoms with E-state index < -0.39 is 9.84 Å². The largest absolute Gasteiger partial charge is 0.399 e. The summed E-state index contributed by atoms with van der Waals surface area (Å²) >= 11 is 0. The van der Waals surface area contributed by atoms with Gasteiger partial charge in [0, 0.05) is 17.8 Å². The number of nitrogens with two attached hydrogens (primary N) is 1. The predicted molar refractivity (Wildman–Crippen MR) is 87.0 cm³/mol. The van der Waals surface area contributed by atoms with Crippen LogP contribution >= 0.6 is 0 Å². The topological polar surface area (TPSA) is 89.3 Å². The molecule has 5 nitrogen and oxygen atoms in total. The van der Waals surface area contributed by atoms with Crippen molar-refractivity contribution in [2.45, 2.75) is 39.5 Å². The predicted octanol–water partition coefficient (Wildman–Crippen LogP) is 2.51. The van der Waals surface area contributed by atoms with Crippen LogP contribution in [0.1, 0.15) is 38.2 Å². The number of carbonyl (C=O) groups excluding carboxylic acids is 1. The Hall–Kier alpha value is -1.56. The molecule has 0 saturated carbocycles. The number of nitrogen functional groups attached to an aromatic ring is 1. The first-order valence-electron chi connectivity index (χ1n) is 7.20. The molecule has 3 N–H and O–H groups in total. The number of nitrogens with one attached hydrogen (secondary N) is 1. The normalized spacial score (nSPS) is 11.3. The summed E-state index contributed by atoms with van der Waals surface area (Å²) in [5, 5.41) is 2.78. The van der Waals surface area contributed by atoms with E-state index in [1.807, 2.05) is 13.8 Å². The van der Waals surface area contributed by atoms with E-state index in [0.29, 0.717) is 24.2 Å². The molecule has 1 amide bonds. The summed E-state index contributed by atoms with van der Waals surface area (Å²) in [7, 11) is -3.02. The van der Waals surface area contributed by atoms with Crippen molar-refractivity contribution in [3.05, 3.63) is 23.8 Å². The van der Waals surface area contributed by atoms with Gasteiger partial charge in [0.05, 0.1) is 11.5 Å². The van der Waals surface area contributed by atoms with Crippen molar-refractivity contribution in [3.8, 4) is 0 Å². The zero-order valence-corrected chi connectivity index (χ0v) is 13.5. The van der Waals surface area contributed by atoms with E-state index in [1.54, 1.807) is 18.2 Å². The van der Waals surface area contributed by atoms with Gasteiger partial charge < -0.3 is 11.1 Å². The Bertz CT molecular complexity index is 583. The first kappa shape index (κ1) is 17.5. The van der Waals surface area contributed by atoms with Crippen molar-refractivity contribution in [1.29, 1.82) is 0 Å². The van der Waals surface area contributed by atoms with Crippen LogP contribution in [0.15, 0.2) is 18.2 Å². The number of aryl methyl sites for hydroxylation is 1. The number of carbonyl (C=O) groups is 1. The van der Waals surface area contributed by atoms with Crippen LogP contribution in [0.4, 0.5) is 11.4 Å². The Morgan fingerprint density at radius 1 is 1.24 bits per heavy atom. The van der Waals surface area contributed by atoms with Crippen molar-refractivity contribution < 1.29 is 13.2 Å². The lowest BCUT2D eigenvalue weighted by atomic mass is 10.1. The molecule has 0 aliphatic rings. The summed E-state index contributed by atoms with van der Waals surface area (Å²) in [4.78, 5) is 11.8. The molecule has 118 valence electrons. The summed E-state index contributed by atoms with van der Waals surface area (Å²) < 4.78 is 23.4.